The van der Waals surface area contributed by atoms with Crippen LogP contribution >= 0.6 is 0 Å². The SMILES string of the molecule is O=C(NCc1cc(NCc2ccccc2)nc(-c2ccc(C(F)(F)F)cc2)c1)[C@@H]1CC(F)(F)CN1S(=O)c1ccc(F)cc1. The van der Waals surface area contributed by atoms with Gasteiger partial charge in [-0.25, -0.2) is 26.7 Å². The molecule has 44 heavy (non-hydrogen) atoms. The van der Waals surface area contributed by atoms with E-state index < -0.39 is 59.4 Å². The number of alkyl halides is 5. The van der Waals surface area contributed by atoms with E-state index in [2.05, 4.69) is 15.6 Å². The number of amides is 1. The lowest BCUT2D eigenvalue weighted by Crippen LogP contribution is -2.43. The lowest BCUT2D eigenvalue weighted by atomic mass is 10.1. The topological polar surface area (TPSA) is 74.3 Å². The largest absolute Gasteiger partial charge is 0.416 e. The highest BCUT2D eigenvalue weighted by molar-refractivity contribution is 7.82. The van der Waals surface area contributed by atoms with Gasteiger partial charge < -0.3 is 10.6 Å². The van der Waals surface area contributed by atoms with Crippen molar-refractivity contribution in [1.82, 2.24) is 14.6 Å². The quantitative estimate of drug-likeness (QED) is 0.205. The van der Waals surface area contributed by atoms with Crippen LogP contribution in [0, 0.1) is 5.82 Å². The van der Waals surface area contributed by atoms with Gasteiger partial charge in [0.05, 0.1) is 22.7 Å². The van der Waals surface area contributed by atoms with Gasteiger partial charge in [0.2, 0.25) is 5.91 Å². The molecule has 1 saturated heterocycles. The molecule has 1 aliphatic heterocycles. The summed E-state index contributed by atoms with van der Waals surface area (Å²) in [6, 6.07) is 20.2. The number of hydrogen-bond acceptors (Lipinski definition) is 4. The Labute approximate surface area is 251 Å². The molecule has 0 spiro atoms. The molecule has 0 radical (unpaired) electrons. The summed E-state index contributed by atoms with van der Waals surface area (Å²) >= 11 is 0. The van der Waals surface area contributed by atoms with Crippen molar-refractivity contribution in [2.45, 2.75) is 42.5 Å². The van der Waals surface area contributed by atoms with E-state index in [9.17, 15) is 35.3 Å². The fraction of sp³-hybridized carbons (Fsp3) is 0.226. The molecule has 1 aliphatic rings. The van der Waals surface area contributed by atoms with E-state index >= 15 is 0 Å². The molecular formula is C31H26F6N4O2S. The number of halogens is 6. The van der Waals surface area contributed by atoms with Gasteiger partial charge in [0.15, 0.2) is 0 Å². The van der Waals surface area contributed by atoms with Crippen molar-refractivity contribution in [2.24, 2.45) is 0 Å². The molecular weight excluding hydrogens is 606 g/mol. The Morgan fingerprint density at radius 2 is 1.61 bits per heavy atom. The van der Waals surface area contributed by atoms with Crippen LogP contribution in [-0.2, 0) is 35.0 Å². The summed E-state index contributed by atoms with van der Waals surface area (Å²) in [5.74, 6) is -4.28. The van der Waals surface area contributed by atoms with Crippen molar-refractivity contribution < 1.29 is 35.3 Å². The Hall–Kier alpha value is -4.23. The standard InChI is InChI=1S/C31H26F6N4O2S/c32-24-10-12-25(13-11-24)44(43)41-19-30(33,34)16-27(41)29(42)39-18-21-14-26(22-6-8-23(9-7-22)31(35,36)37)40-28(15-21)38-17-20-4-2-1-3-5-20/h1-15,27H,16-19H2,(H,38,40)(H,39,42)/t27-,44?/m0/s1. The molecule has 4 aromatic rings. The second kappa shape index (κ2) is 12.8. The van der Waals surface area contributed by atoms with Gasteiger partial charge in [-0.1, -0.05) is 42.5 Å². The zero-order valence-corrected chi connectivity index (χ0v) is 23.8. The number of anilines is 1. The number of carbonyl (C=O) groups excluding carboxylic acids is 1. The number of benzene rings is 3. The van der Waals surface area contributed by atoms with Crippen LogP contribution in [0.15, 0.2) is 95.9 Å². The van der Waals surface area contributed by atoms with Crippen LogP contribution in [0.4, 0.5) is 32.2 Å². The maximum Gasteiger partial charge on any atom is 0.416 e. The first kappa shape index (κ1) is 31.2. The van der Waals surface area contributed by atoms with Gasteiger partial charge in [0.1, 0.15) is 28.7 Å². The van der Waals surface area contributed by atoms with Gasteiger partial charge in [-0.15, -0.1) is 0 Å². The Morgan fingerprint density at radius 1 is 0.932 bits per heavy atom. The van der Waals surface area contributed by atoms with Crippen LogP contribution in [0.25, 0.3) is 11.3 Å². The van der Waals surface area contributed by atoms with Crippen LogP contribution in [0.3, 0.4) is 0 Å². The Morgan fingerprint density at radius 3 is 2.27 bits per heavy atom. The first-order valence-electron chi connectivity index (χ1n) is 13.4. The highest BCUT2D eigenvalue weighted by Gasteiger charge is 2.50. The summed E-state index contributed by atoms with van der Waals surface area (Å²) in [4.78, 5) is 17.8. The molecule has 2 heterocycles. The van der Waals surface area contributed by atoms with Gasteiger partial charge in [0.25, 0.3) is 5.92 Å². The predicted molar refractivity (Wildman–Crippen MR) is 153 cm³/mol. The molecule has 13 heteroatoms. The van der Waals surface area contributed by atoms with Crippen molar-refractivity contribution in [3.63, 3.8) is 0 Å². The van der Waals surface area contributed by atoms with Crippen molar-refractivity contribution in [3.8, 4) is 11.3 Å². The molecule has 6 nitrogen and oxygen atoms in total. The average Bonchev–Trinajstić information content (AvgIpc) is 3.34. The number of aromatic nitrogens is 1. The summed E-state index contributed by atoms with van der Waals surface area (Å²) in [5, 5.41) is 5.79. The second-order valence-electron chi connectivity index (χ2n) is 10.2. The fourth-order valence-electron chi connectivity index (χ4n) is 4.72. The molecule has 2 N–H and O–H groups in total. The number of pyridine rings is 1. The highest BCUT2D eigenvalue weighted by atomic mass is 32.2. The molecule has 230 valence electrons. The number of nitrogens with one attached hydrogen (secondary N) is 2. The Balaban J connectivity index is 1.36. The molecule has 1 aromatic heterocycles. The molecule has 1 amide bonds. The highest BCUT2D eigenvalue weighted by Crippen LogP contribution is 2.35. The van der Waals surface area contributed by atoms with E-state index in [1.54, 1.807) is 12.1 Å². The Kier molecular flexibility index (Phi) is 9.07. The van der Waals surface area contributed by atoms with E-state index in [0.29, 0.717) is 29.2 Å². The predicted octanol–water partition coefficient (Wildman–Crippen LogP) is 6.57. The molecule has 5 rings (SSSR count). The molecule has 1 unspecified atom stereocenters. The fourth-order valence-corrected chi connectivity index (χ4v) is 6.07. The van der Waals surface area contributed by atoms with E-state index in [4.69, 9.17) is 0 Å². The summed E-state index contributed by atoms with van der Waals surface area (Å²) < 4.78 is 95.4. The average molecular weight is 633 g/mol. The van der Waals surface area contributed by atoms with Crippen LogP contribution in [0.2, 0.25) is 0 Å². The van der Waals surface area contributed by atoms with Crippen LogP contribution in [0.5, 0.6) is 0 Å². The third kappa shape index (κ3) is 7.64. The minimum atomic E-state index is -4.51. The molecule has 0 bridgehead atoms. The van der Waals surface area contributed by atoms with E-state index in [1.807, 2.05) is 30.3 Å². The first-order chi connectivity index (χ1) is 20.9. The smallest absolute Gasteiger partial charge is 0.366 e. The normalized spacial score (nSPS) is 17.3. The zero-order valence-electron chi connectivity index (χ0n) is 23.0. The lowest BCUT2D eigenvalue weighted by Gasteiger charge is -2.22. The summed E-state index contributed by atoms with van der Waals surface area (Å²) in [5.41, 5.74) is 1.34. The molecule has 1 fully saturated rings. The van der Waals surface area contributed by atoms with E-state index in [1.165, 1.54) is 24.3 Å². The van der Waals surface area contributed by atoms with Gasteiger partial charge in [-0.2, -0.15) is 13.2 Å². The van der Waals surface area contributed by atoms with E-state index in [0.717, 1.165) is 34.1 Å². The molecule has 2 atom stereocenters. The van der Waals surface area contributed by atoms with Crippen LogP contribution in [-0.4, -0.2) is 37.9 Å². The van der Waals surface area contributed by atoms with Gasteiger partial charge in [-0.05, 0) is 59.7 Å². The number of hydrogen-bond donors (Lipinski definition) is 2. The number of carbonyl (C=O) groups is 1. The van der Waals surface area contributed by atoms with Crippen molar-refractivity contribution >= 4 is 22.7 Å². The van der Waals surface area contributed by atoms with Crippen LogP contribution in [0.1, 0.15) is 23.1 Å². The number of nitrogens with zero attached hydrogens (tertiary/aromatic N) is 2. The minimum Gasteiger partial charge on any atom is -0.366 e. The first-order valence-corrected chi connectivity index (χ1v) is 14.5. The van der Waals surface area contributed by atoms with Crippen molar-refractivity contribution in [1.29, 1.82) is 0 Å². The van der Waals surface area contributed by atoms with Gasteiger partial charge in [0, 0.05) is 25.1 Å². The summed E-state index contributed by atoms with van der Waals surface area (Å²) in [6.07, 6.45) is -5.37. The minimum absolute atomic E-state index is 0.0753. The number of rotatable bonds is 9. The molecule has 0 saturated carbocycles. The maximum absolute atomic E-state index is 14.4. The summed E-state index contributed by atoms with van der Waals surface area (Å²) in [6.45, 7) is -0.665. The van der Waals surface area contributed by atoms with Crippen LogP contribution < -0.4 is 10.6 Å². The summed E-state index contributed by atoms with van der Waals surface area (Å²) in [7, 11) is -2.15. The second-order valence-corrected chi connectivity index (χ2v) is 11.7. The van der Waals surface area contributed by atoms with E-state index in [-0.39, 0.29) is 11.4 Å². The molecule has 3 aromatic carbocycles. The maximum atomic E-state index is 14.4. The monoisotopic (exact) mass is 632 g/mol. The van der Waals surface area contributed by atoms with Gasteiger partial charge >= 0.3 is 6.18 Å². The van der Waals surface area contributed by atoms with Crippen molar-refractivity contribution in [2.75, 3.05) is 11.9 Å². The zero-order chi connectivity index (χ0) is 31.5. The van der Waals surface area contributed by atoms with Crippen molar-refractivity contribution in [3.05, 3.63) is 114 Å². The lowest BCUT2D eigenvalue weighted by molar-refractivity contribution is -0.137. The third-order valence-electron chi connectivity index (χ3n) is 6.93. The Bertz CT molecular complexity index is 1630. The third-order valence-corrected chi connectivity index (χ3v) is 8.42. The molecule has 0 aliphatic carbocycles. The van der Waals surface area contributed by atoms with Gasteiger partial charge in [-0.3, -0.25) is 4.79 Å².